The summed E-state index contributed by atoms with van der Waals surface area (Å²) < 4.78 is 5.30. The largest absolute Gasteiger partial charge is 0.496 e. The van der Waals surface area contributed by atoms with Crippen LogP contribution in [-0.2, 0) is 0 Å². The Morgan fingerprint density at radius 2 is 1.94 bits per heavy atom. The normalized spacial score (nSPS) is 12.3. The van der Waals surface area contributed by atoms with Gasteiger partial charge in [-0.3, -0.25) is 0 Å². The zero-order valence-electron chi connectivity index (χ0n) is 10.5. The average molecular weight is 223 g/mol. The topological polar surface area (TPSA) is 32.7 Å². The second kappa shape index (κ2) is 5.75. The number of rotatable bonds is 5. The molecule has 0 saturated carbocycles. The summed E-state index contributed by atoms with van der Waals surface area (Å²) in [6.45, 7) is 7.82. The van der Waals surface area contributed by atoms with Crippen molar-refractivity contribution in [2.75, 3.05) is 25.1 Å². The molecule has 0 aliphatic heterocycles. The van der Waals surface area contributed by atoms with E-state index in [1.165, 1.54) is 0 Å². The Kier molecular flexibility index (Phi) is 4.62. The highest BCUT2D eigenvalue weighted by Gasteiger charge is 2.16. The Morgan fingerprint density at radius 3 is 2.38 bits per heavy atom. The Hall–Kier alpha value is -1.22. The lowest BCUT2D eigenvalue weighted by Crippen LogP contribution is -2.23. The van der Waals surface area contributed by atoms with Gasteiger partial charge in [0.25, 0.3) is 0 Å². The fraction of sp³-hybridized carbons (Fsp3) is 0.538. The minimum Gasteiger partial charge on any atom is -0.496 e. The van der Waals surface area contributed by atoms with Gasteiger partial charge in [-0.1, -0.05) is 6.07 Å². The number of benzene rings is 1. The third-order valence-corrected chi connectivity index (χ3v) is 2.78. The Balaban J connectivity index is 3.26. The highest BCUT2D eigenvalue weighted by molar-refractivity contribution is 5.60. The van der Waals surface area contributed by atoms with Crippen molar-refractivity contribution < 1.29 is 9.84 Å². The summed E-state index contributed by atoms with van der Waals surface area (Å²) in [5, 5.41) is 9.85. The third-order valence-electron chi connectivity index (χ3n) is 2.78. The summed E-state index contributed by atoms with van der Waals surface area (Å²) in [4.78, 5) is 2.21. The van der Waals surface area contributed by atoms with Crippen LogP contribution in [0.2, 0.25) is 0 Å². The van der Waals surface area contributed by atoms with Gasteiger partial charge >= 0.3 is 0 Å². The number of aliphatic hydroxyl groups is 1. The molecule has 3 heteroatoms. The standard InChI is InChI=1S/C13H21NO2/c1-5-14(6-2)11-8-7-9-12(16-4)13(11)10(3)15/h7-10,15H,5-6H2,1-4H3/t10-/m1/s1. The van der Waals surface area contributed by atoms with E-state index in [1.807, 2.05) is 18.2 Å². The Bertz CT molecular complexity index is 333. The van der Waals surface area contributed by atoms with Crippen molar-refractivity contribution in [1.29, 1.82) is 0 Å². The zero-order chi connectivity index (χ0) is 12.1. The minimum atomic E-state index is -0.522. The van der Waals surface area contributed by atoms with E-state index in [0.29, 0.717) is 0 Å². The second-order valence-electron chi connectivity index (χ2n) is 3.74. The quantitative estimate of drug-likeness (QED) is 0.832. The highest BCUT2D eigenvalue weighted by Crippen LogP contribution is 2.34. The van der Waals surface area contributed by atoms with Gasteiger partial charge in [0.1, 0.15) is 5.75 Å². The lowest BCUT2D eigenvalue weighted by atomic mass is 10.1. The van der Waals surface area contributed by atoms with Crippen LogP contribution in [0, 0.1) is 0 Å². The molecular weight excluding hydrogens is 202 g/mol. The van der Waals surface area contributed by atoms with Gasteiger partial charge in [-0.25, -0.2) is 0 Å². The van der Waals surface area contributed by atoms with E-state index in [9.17, 15) is 5.11 Å². The lowest BCUT2D eigenvalue weighted by Gasteiger charge is -2.26. The van der Waals surface area contributed by atoms with Crippen LogP contribution in [0.4, 0.5) is 5.69 Å². The molecule has 90 valence electrons. The number of nitrogens with zero attached hydrogens (tertiary/aromatic N) is 1. The number of hydrogen-bond acceptors (Lipinski definition) is 3. The van der Waals surface area contributed by atoms with Gasteiger partial charge in [0.05, 0.1) is 13.2 Å². The molecule has 0 heterocycles. The summed E-state index contributed by atoms with van der Waals surface area (Å²) in [5.74, 6) is 0.749. The van der Waals surface area contributed by atoms with Crippen LogP contribution in [-0.4, -0.2) is 25.3 Å². The summed E-state index contributed by atoms with van der Waals surface area (Å²) in [7, 11) is 1.63. The predicted octanol–water partition coefficient (Wildman–Crippen LogP) is 2.59. The smallest absolute Gasteiger partial charge is 0.126 e. The first-order valence-corrected chi connectivity index (χ1v) is 5.75. The molecule has 0 aliphatic rings. The maximum atomic E-state index is 9.85. The van der Waals surface area contributed by atoms with E-state index in [-0.39, 0.29) is 0 Å². The third kappa shape index (κ3) is 2.47. The first kappa shape index (κ1) is 12.8. The molecule has 0 unspecified atom stereocenters. The fourth-order valence-corrected chi connectivity index (χ4v) is 1.97. The molecule has 1 aromatic carbocycles. The number of methoxy groups -OCH3 is 1. The van der Waals surface area contributed by atoms with E-state index in [1.54, 1.807) is 14.0 Å². The first-order valence-electron chi connectivity index (χ1n) is 5.75. The SMILES string of the molecule is CCN(CC)c1cccc(OC)c1[C@@H](C)O. The number of anilines is 1. The van der Waals surface area contributed by atoms with Crippen LogP contribution in [0.25, 0.3) is 0 Å². The molecule has 0 aliphatic carbocycles. The molecule has 1 N–H and O–H groups in total. The van der Waals surface area contributed by atoms with E-state index in [4.69, 9.17) is 4.74 Å². The summed E-state index contributed by atoms with van der Waals surface area (Å²) in [6, 6.07) is 5.87. The molecule has 1 aromatic rings. The van der Waals surface area contributed by atoms with E-state index in [2.05, 4.69) is 18.7 Å². The molecule has 0 bridgehead atoms. The van der Waals surface area contributed by atoms with Crippen LogP contribution in [0.15, 0.2) is 18.2 Å². The minimum absolute atomic E-state index is 0.522. The van der Waals surface area contributed by atoms with Gasteiger partial charge in [0.15, 0.2) is 0 Å². The lowest BCUT2D eigenvalue weighted by molar-refractivity contribution is 0.194. The fourth-order valence-electron chi connectivity index (χ4n) is 1.97. The summed E-state index contributed by atoms with van der Waals surface area (Å²) in [6.07, 6.45) is -0.522. The predicted molar refractivity (Wildman–Crippen MR) is 67.2 cm³/mol. The molecular formula is C13H21NO2. The van der Waals surface area contributed by atoms with Crippen molar-refractivity contribution in [2.45, 2.75) is 26.9 Å². The molecule has 0 radical (unpaired) electrons. The monoisotopic (exact) mass is 223 g/mol. The van der Waals surface area contributed by atoms with Crippen molar-refractivity contribution in [3.63, 3.8) is 0 Å². The van der Waals surface area contributed by atoms with Crippen molar-refractivity contribution in [1.82, 2.24) is 0 Å². The van der Waals surface area contributed by atoms with Gasteiger partial charge in [-0.15, -0.1) is 0 Å². The molecule has 1 rings (SSSR count). The van der Waals surface area contributed by atoms with Crippen LogP contribution < -0.4 is 9.64 Å². The Morgan fingerprint density at radius 1 is 1.31 bits per heavy atom. The first-order chi connectivity index (χ1) is 7.65. The van der Waals surface area contributed by atoms with E-state index < -0.39 is 6.10 Å². The van der Waals surface area contributed by atoms with Crippen LogP contribution in [0.3, 0.4) is 0 Å². The molecule has 0 amide bonds. The van der Waals surface area contributed by atoms with E-state index >= 15 is 0 Å². The zero-order valence-corrected chi connectivity index (χ0v) is 10.5. The number of hydrogen-bond donors (Lipinski definition) is 1. The van der Waals surface area contributed by atoms with Gasteiger partial charge in [0.2, 0.25) is 0 Å². The second-order valence-corrected chi connectivity index (χ2v) is 3.74. The van der Waals surface area contributed by atoms with Crippen LogP contribution >= 0.6 is 0 Å². The van der Waals surface area contributed by atoms with Gasteiger partial charge in [-0.2, -0.15) is 0 Å². The molecule has 0 aromatic heterocycles. The molecule has 0 spiro atoms. The average Bonchev–Trinajstić information content (AvgIpc) is 2.30. The van der Waals surface area contributed by atoms with Crippen LogP contribution in [0.5, 0.6) is 5.75 Å². The van der Waals surface area contributed by atoms with Crippen molar-refractivity contribution in [2.24, 2.45) is 0 Å². The Labute approximate surface area is 97.7 Å². The summed E-state index contributed by atoms with van der Waals surface area (Å²) in [5.41, 5.74) is 1.92. The van der Waals surface area contributed by atoms with Gasteiger partial charge in [-0.05, 0) is 32.9 Å². The van der Waals surface area contributed by atoms with Crippen LogP contribution in [0.1, 0.15) is 32.4 Å². The van der Waals surface area contributed by atoms with Gasteiger partial charge < -0.3 is 14.7 Å². The maximum absolute atomic E-state index is 9.85. The molecule has 3 nitrogen and oxygen atoms in total. The highest BCUT2D eigenvalue weighted by atomic mass is 16.5. The maximum Gasteiger partial charge on any atom is 0.126 e. The van der Waals surface area contributed by atoms with Crippen molar-refractivity contribution in [3.05, 3.63) is 23.8 Å². The van der Waals surface area contributed by atoms with E-state index in [0.717, 1.165) is 30.1 Å². The van der Waals surface area contributed by atoms with Crippen molar-refractivity contribution in [3.8, 4) is 5.75 Å². The number of aliphatic hydroxyl groups excluding tert-OH is 1. The molecule has 0 saturated heterocycles. The molecule has 16 heavy (non-hydrogen) atoms. The molecule has 0 fully saturated rings. The van der Waals surface area contributed by atoms with Crippen molar-refractivity contribution >= 4 is 5.69 Å². The number of ether oxygens (including phenoxy) is 1. The molecule has 1 atom stereocenters. The van der Waals surface area contributed by atoms with Gasteiger partial charge in [0, 0.05) is 24.3 Å². The summed E-state index contributed by atoms with van der Waals surface area (Å²) >= 11 is 0.